The first kappa shape index (κ1) is 33.6. The van der Waals surface area contributed by atoms with Crippen molar-refractivity contribution in [3.8, 4) is 5.75 Å². The second-order valence-electron chi connectivity index (χ2n) is 12.0. The molecule has 0 bridgehead atoms. The van der Waals surface area contributed by atoms with Crippen molar-refractivity contribution >= 4 is 23.5 Å². The van der Waals surface area contributed by atoms with E-state index in [1.807, 2.05) is 4.90 Å². The minimum Gasteiger partial charge on any atom is -0.497 e. The quantitative estimate of drug-likeness (QED) is 0.164. The van der Waals surface area contributed by atoms with E-state index in [0.717, 1.165) is 36.8 Å². The number of hydrogen-bond acceptors (Lipinski definition) is 9. The Kier molecular flexibility index (Phi) is 11.9. The summed E-state index contributed by atoms with van der Waals surface area (Å²) in [7, 11) is 1.55. The number of allylic oxidation sites excluding steroid dienone is 1. The fourth-order valence-electron chi connectivity index (χ4n) is 5.51. The van der Waals surface area contributed by atoms with Crippen LogP contribution in [0, 0.1) is 0 Å². The number of aliphatic hydroxyl groups excluding tert-OH is 1. The van der Waals surface area contributed by atoms with Gasteiger partial charge in [0.1, 0.15) is 23.4 Å². The van der Waals surface area contributed by atoms with Gasteiger partial charge in [-0.1, -0.05) is 23.8 Å². The predicted molar refractivity (Wildman–Crippen MR) is 162 cm³/mol. The molecule has 242 valence electrons. The lowest BCUT2D eigenvalue weighted by molar-refractivity contribution is -0.136. The maximum Gasteiger partial charge on any atom is 0.245 e. The molecule has 0 saturated carbocycles. The summed E-state index contributed by atoms with van der Waals surface area (Å²) in [6, 6.07) is 3.87. The van der Waals surface area contributed by atoms with E-state index in [0.29, 0.717) is 45.1 Å². The first-order valence-corrected chi connectivity index (χ1v) is 15.5. The van der Waals surface area contributed by atoms with Crippen molar-refractivity contribution in [1.82, 2.24) is 20.9 Å². The lowest BCUT2D eigenvalue weighted by Gasteiger charge is -2.29. The third-order valence-electron chi connectivity index (χ3n) is 8.37. The standard InChI is InChI=1S/C32H46N4O8/c1-21(37)28(35-27(38)19-36-13-15-43-16-14-36)31(41)34-26(18-23-9-11-24(42-3)12-10-23)30(40)33-25(29(39)32(2)20-44-32)17-22-7-5-4-6-8-22/h7,9-12,21,25-26,28,37H,4-6,8,13-20H2,1-3H3,(H,33,40)(H,34,41)(H,35,38). The number of morpholine rings is 1. The van der Waals surface area contributed by atoms with Crippen molar-refractivity contribution in [1.29, 1.82) is 0 Å². The predicted octanol–water partition coefficient (Wildman–Crippen LogP) is 0.654. The lowest BCUT2D eigenvalue weighted by Crippen LogP contribution is -2.60. The molecule has 0 radical (unpaired) electrons. The fourth-order valence-corrected chi connectivity index (χ4v) is 5.51. The molecule has 3 amide bonds. The monoisotopic (exact) mass is 614 g/mol. The summed E-state index contributed by atoms with van der Waals surface area (Å²) in [5.41, 5.74) is 0.919. The number of ketones is 1. The Balaban J connectivity index is 1.50. The van der Waals surface area contributed by atoms with Crippen LogP contribution in [0.5, 0.6) is 5.75 Å². The van der Waals surface area contributed by atoms with Crippen LogP contribution in [-0.2, 0) is 35.1 Å². The number of benzene rings is 1. The number of ether oxygens (including phenoxy) is 3. The zero-order valence-electron chi connectivity index (χ0n) is 25.9. The maximum atomic E-state index is 13.9. The number of rotatable bonds is 15. The van der Waals surface area contributed by atoms with E-state index >= 15 is 0 Å². The average Bonchev–Trinajstić information content (AvgIpc) is 3.78. The molecule has 4 N–H and O–H groups in total. The fraction of sp³-hybridized carbons (Fsp3) is 0.625. The van der Waals surface area contributed by atoms with Gasteiger partial charge in [-0.3, -0.25) is 24.1 Å². The van der Waals surface area contributed by atoms with E-state index in [1.165, 1.54) is 6.92 Å². The molecule has 5 atom stereocenters. The van der Waals surface area contributed by atoms with Crippen LogP contribution in [0.15, 0.2) is 35.9 Å². The van der Waals surface area contributed by atoms with Gasteiger partial charge in [0.15, 0.2) is 5.78 Å². The Morgan fingerprint density at radius 2 is 1.68 bits per heavy atom. The summed E-state index contributed by atoms with van der Waals surface area (Å²) in [6.45, 7) is 5.67. The summed E-state index contributed by atoms with van der Waals surface area (Å²) in [5.74, 6) is -1.24. The van der Waals surface area contributed by atoms with Crippen LogP contribution in [0.25, 0.3) is 0 Å². The van der Waals surface area contributed by atoms with E-state index in [9.17, 15) is 24.3 Å². The number of methoxy groups -OCH3 is 1. The smallest absolute Gasteiger partial charge is 0.245 e. The van der Waals surface area contributed by atoms with Gasteiger partial charge in [0.05, 0.1) is 45.6 Å². The molecule has 4 rings (SSSR count). The highest BCUT2D eigenvalue weighted by Gasteiger charge is 2.50. The maximum absolute atomic E-state index is 13.9. The van der Waals surface area contributed by atoms with Crippen molar-refractivity contribution in [2.75, 3.05) is 46.6 Å². The molecule has 2 saturated heterocycles. The average molecular weight is 615 g/mol. The second kappa shape index (κ2) is 15.6. The molecule has 3 aliphatic rings. The molecule has 1 aromatic rings. The molecule has 1 aliphatic carbocycles. The van der Waals surface area contributed by atoms with Gasteiger partial charge in [0.2, 0.25) is 17.7 Å². The molecule has 12 nitrogen and oxygen atoms in total. The number of carbonyl (C=O) groups excluding carboxylic acids is 4. The van der Waals surface area contributed by atoms with Crippen molar-refractivity contribution in [3.05, 3.63) is 41.5 Å². The number of amides is 3. The van der Waals surface area contributed by atoms with Crippen LogP contribution >= 0.6 is 0 Å². The van der Waals surface area contributed by atoms with Gasteiger partial charge in [-0.15, -0.1) is 0 Å². The molecule has 2 fully saturated rings. The van der Waals surface area contributed by atoms with Gasteiger partial charge >= 0.3 is 0 Å². The number of epoxide rings is 1. The summed E-state index contributed by atoms with van der Waals surface area (Å²) in [6.07, 6.45) is 5.31. The van der Waals surface area contributed by atoms with E-state index in [1.54, 1.807) is 38.3 Å². The summed E-state index contributed by atoms with van der Waals surface area (Å²) < 4.78 is 16.0. The molecule has 0 aromatic heterocycles. The normalized spacial score (nSPS) is 22.9. The third-order valence-corrected chi connectivity index (χ3v) is 8.37. The molecule has 1 aromatic carbocycles. The highest BCUT2D eigenvalue weighted by atomic mass is 16.6. The van der Waals surface area contributed by atoms with Crippen molar-refractivity contribution in [2.45, 2.75) is 82.2 Å². The van der Waals surface area contributed by atoms with Crippen molar-refractivity contribution in [2.24, 2.45) is 0 Å². The van der Waals surface area contributed by atoms with Crippen LogP contribution in [0.1, 0.15) is 51.5 Å². The summed E-state index contributed by atoms with van der Waals surface area (Å²) in [5, 5.41) is 18.7. The van der Waals surface area contributed by atoms with E-state index < -0.39 is 47.6 Å². The van der Waals surface area contributed by atoms with E-state index in [-0.39, 0.29) is 18.7 Å². The Bertz CT molecular complexity index is 1190. The Morgan fingerprint density at radius 3 is 2.27 bits per heavy atom. The van der Waals surface area contributed by atoms with Gasteiger partial charge in [-0.25, -0.2) is 0 Å². The van der Waals surface area contributed by atoms with Crippen molar-refractivity contribution < 1.29 is 38.5 Å². The van der Waals surface area contributed by atoms with Crippen LogP contribution < -0.4 is 20.7 Å². The van der Waals surface area contributed by atoms with Crippen LogP contribution in [-0.4, -0.2) is 110 Å². The second-order valence-corrected chi connectivity index (χ2v) is 12.0. The summed E-state index contributed by atoms with van der Waals surface area (Å²) >= 11 is 0. The van der Waals surface area contributed by atoms with Crippen LogP contribution in [0.4, 0.5) is 0 Å². The third kappa shape index (κ3) is 9.59. The largest absolute Gasteiger partial charge is 0.497 e. The number of aliphatic hydroxyl groups is 1. The molecule has 2 aliphatic heterocycles. The van der Waals surface area contributed by atoms with Gasteiger partial charge in [-0.2, -0.15) is 0 Å². The Morgan fingerprint density at radius 1 is 1.00 bits per heavy atom. The van der Waals surface area contributed by atoms with E-state index in [2.05, 4.69) is 22.0 Å². The molecule has 5 unspecified atom stereocenters. The zero-order chi connectivity index (χ0) is 31.7. The van der Waals surface area contributed by atoms with Gasteiger partial charge < -0.3 is 35.3 Å². The Hall–Kier alpha value is -3.32. The number of nitrogens with one attached hydrogen (secondary N) is 3. The highest BCUT2D eigenvalue weighted by molar-refractivity contribution is 5.98. The SMILES string of the molecule is COc1ccc(CC(NC(=O)C(NC(=O)CN2CCOCC2)C(C)O)C(=O)NC(CC2=CCCCC2)C(=O)C2(C)CO2)cc1. The highest BCUT2D eigenvalue weighted by Crippen LogP contribution is 2.31. The topological polar surface area (TPSA) is 159 Å². The number of nitrogens with zero attached hydrogens (tertiary/aromatic N) is 1. The molecular formula is C32H46N4O8. The molecule has 44 heavy (non-hydrogen) atoms. The first-order valence-electron chi connectivity index (χ1n) is 15.5. The van der Waals surface area contributed by atoms with Gasteiger partial charge in [0, 0.05) is 19.5 Å². The molecule has 2 heterocycles. The summed E-state index contributed by atoms with van der Waals surface area (Å²) in [4.78, 5) is 55.5. The molecular weight excluding hydrogens is 568 g/mol. The first-order chi connectivity index (χ1) is 21.1. The van der Waals surface area contributed by atoms with Gasteiger partial charge in [-0.05, 0) is 63.6 Å². The lowest BCUT2D eigenvalue weighted by atomic mass is 9.89. The van der Waals surface area contributed by atoms with Gasteiger partial charge in [0.25, 0.3) is 0 Å². The minimum absolute atomic E-state index is 0.0517. The van der Waals surface area contributed by atoms with Crippen molar-refractivity contribution in [3.63, 3.8) is 0 Å². The Labute approximate surface area is 258 Å². The number of hydrogen-bond donors (Lipinski definition) is 4. The minimum atomic E-state index is -1.29. The zero-order valence-corrected chi connectivity index (χ0v) is 25.9. The molecule has 0 spiro atoms. The number of carbonyl (C=O) groups is 4. The molecule has 12 heteroatoms. The van der Waals surface area contributed by atoms with E-state index in [4.69, 9.17) is 14.2 Å². The number of Topliss-reactive ketones (excluding diaryl/α,β-unsaturated/α-hetero) is 1. The van der Waals surface area contributed by atoms with Crippen LogP contribution in [0.2, 0.25) is 0 Å². The van der Waals surface area contributed by atoms with Crippen LogP contribution in [0.3, 0.4) is 0 Å².